The highest BCUT2D eigenvalue weighted by Crippen LogP contribution is 2.28. The molecular weight excluding hydrogens is 324 g/mol. The molecule has 0 atom stereocenters. The first-order chi connectivity index (χ1) is 11.7. The molecule has 0 bridgehead atoms. The Morgan fingerprint density at radius 3 is 3.00 bits per heavy atom. The second kappa shape index (κ2) is 7.71. The fraction of sp³-hybridized carbons (Fsp3) is 0.444. The fourth-order valence-corrected chi connectivity index (χ4v) is 2.92. The van der Waals surface area contributed by atoms with Crippen LogP contribution >= 0.6 is 11.6 Å². The molecule has 2 amide bonds. The van der Waals surface area contributed by atoms with E-state index in [0.717, 1.165) is 35.7 Å². The number of hydrogen-bond donors (Lipinski definition) is 1. The zero-order valence-electron chi connectivity index (χ0n) is 13.9. The summed E-state index contributed by atoms with van der Waals surface area (Å²) in [6.07, 6.45) is 6.83. The Labute approximate surface area is 147 Å². The van der Waals surface area contributed by atoms with E-state index in [9.17, 15) is 4.79 Å². The van der Waals surface area contributed by atoms with E-state index in [2.05, 4.69) is 21.8 Å². The predicted molar refractivity (Wildman–Crippen MR) is 95.0 cm³/mol. The van der Waals surface area contributed by atoms with Crippen molar-refractivity contribution in [3.8, 4) is 0 Å². The Kier molecular flexibility index (Phi) is 5.41. The lowest BCUT2D eigenvalue weighted by molar-refractivity contribution is 0.190. The summed E-state index contributed by atoms with van der Waals surface area (Å²) in [7, 11) is 0. The van der Waals surface area contributed by atoms with E-state index in [0.29, 0.717) is 25.7 Å². The van der Waals surface area contributed by atoms with Crippen LogP contribution in [0.2, 0.25) is 5.02 Å². The Morgan fingerprint density at radius 1 is 1.46 bits per heavy atom. The Bertz CT molecular complexity index is 696. The maximum atomic E-state index is 12.4. The van der Waals surface area contributed by atoms with Gasteiger partial charge in [-0.25, -0.2) is 9.78 Å². The molecule has 3 rings (SSSR count). The quantitative estimate of drug-likeness (QED) is 0.831. The van der Waals surface area contributed by atoms with Crippen LogP contribution in [0.4, 0.5) is 4.79 Å². The summed E-state index contributed by atoms with van der Waals surface area (Å²) in [5, 5.41) is 3.70. The van der Waals surface area contributed by atoms with Gasteiger partial charge in [0.05, 0.1) is 6.54 Å². The van der Waals surface area contributed by atoms with Crippen LogP contribution in [0.3, 0.4) is 0 Å². The lowest BCUT2D eigenvalue weighted by atomic mass is 10.2. The number of aromatic nitrogens is 2. The zero-order chi connectivity index (χ0) is 16.9. The van der Waals surface area contributed by atoms with Gasteiger partial charge in [0.2, 0.25) is 0 Å². The Balaban J connectivity index is 1.70. The molecule has 6 heteroatoms. The molecule has 1 aliphatic rings. The summed E-state index contributed by atoms with van der Waals surface area (Å²) in [6, 6.07) is 8.17. The highest BCUT2D eigenvalue weighted by atomic mass is 35.5. The second-order valence-electron chi connectivity index (χ2n) is 6.19. The van der Waals surface area contributed by atoms with Crippen LogP contribution in [0.25, 0.3) is 0 Å². The molecule has 1 saturated carbocycles. The first kappa shape index (κ1) is 16.8. The summed E-state index contributed by atoms with van der Waals surface area (Å²) in [5.74, 6) is 0.897. The third-order valence-electron chi connectivity index (χ3n) is 4.13. The largest absolute Gasteiger partial charge is 0.338 e. The SMILES string of the molecule is CCCNC(=O)N(Cc1nccn1Cc1cccc(Cl)c1)C1CC1. The van der Waals surface area contributed by atoms with Crippen molar-refractivity contribution < 1.29 is 4.79 Å². The monoisotopic (exact) mass is 346 g/mol. The van der Waals surface area contributed by atoms with Gasteiger partial charge in [0.1, 0.15) is 5.82 Å². The van der Waals surface area contributed by atoms with Crippen LogP contribution < -0.4 is 5.32 Å². The van der Waals surface area contributed by atoms with E-state index in [1.807, 2.05) is 35.4 Å². The van der Waals surface area contributed by atoms with Crippen molar-refractivity contribution >= 4 is 17.6 Å². The molecule has 2 aromatic rings. The maximum Gasteiger partial charge on any atom is 0.318 e. The molecule has 1 aromatic carbocycles. The number of imidazole rings is 1. The molecule has 0 spiro atoms. The number of hydrogen-bond acceptors (Lipinski definition) is 2. The molecule has 5 nitrogen and oxygen atoms in total. The van der Waals surface area contributed by atoms with E-state index >= 15 is 0 Å². The van der Waals surface area contributed by atoms with Crippen LogP contribution in [0.15, 0.2) is 36.7 Å². The average Bonchev–Trinajstić information content (AvgIpc) is 3.32. The normalized spacial score (nSPS) is 13.8. The minimum atomic E-state index is 0.0108. The first-order valence-corrected chi connectivity index (χ1v) is 8.84. The number of carbonyl (C=O) groups is 1. The highest BCUT2D eigenvalue weighted by Gasteiger charge is 2.33. The molecule has 24 heavy (non-hydrogen) atoms. The Hall–Kier alpha value is -2.01. The molecule has 0 aliphatic heterocycles. The van der Waals surface area contributed by atoms with Crippen molar-refractivity contribution in [1.29, 1.82) is 0 Å². The topological polar surface area (TPSA) is 50.2 Å². The average molecular weight is 347 g/mol. The summed E-state index contributed by atoms with van der Waals surface area (Å²) in [6.45, 7) is 4.00. The van der Waals surface area contributed by atoms with Crippen LogP contribution in [0.5, 0.6) is 0 Å². The first-order valence-electron chi connectivity index (χ1n) is 8.46. The summed E-state index contributed by atoms with van der Waals surface area (Å²) < 4.78 is 2.08. The number of urea groups is 1. The lowest BCUT2D eigenvalue weighted by Gasteiger charge is -2.23. The molecule has 0 saturated heterocycles. The standard InChI is InChI=1S/C18H23ClN4O/c1-2-8-21-18(24)23(16-6-7-16)13-17-20-9-10-22(17)12-14-4-3-5-15(19)11-14/h3-5,9-11,16H,2,6-8,12-13H2,1H3,(H,21,24). The van der Waals surface area contributed by atoms with Crippen molar-refractivity contribution in [2.24, 2.45) is 0 Å². The molecule has 1 heterocycles. The van der Waals surface area contributed by atoms with Gasteiger partial charge in [0, 0.05) is 36.5 Å². The predicted octanol–water partition coefficient (Wildman–Crippen LogP) is 3.67. The third-order valence-corrected chi connectivity index (χ3v) is 4.37. The van der Waals surface area contributed by atoms with E-state index in [4.69, 9.17) is 11.6 Å². The summed E-state index contributed by atoms with van der Waals surface area (Å²) >= 11 is 6.06. The van der Waals surface area contributed by atoms with Gasteiger partial charge in [0.25, 0.3) is 0 Å². The number of benzene rings is 1. The van der Waals surface area contributed by atoms with Gasteiger partial charge in [-0.2, -0.15) is 0 Å². The zero-order valence-corrected chi connectivity index (χ0v) is 14.7. The van der Waals surface area contributed by atoms with Gasteiger partial charge in [0.15, 0.2) is 0 Å². The van der Waals surface area contributed by atoms with Crippen LogP contribution in [-0.2, 0) is 13.1 Å². The smallest absolute Gasteiger partial charge is 0.318 e. The van der Waals surface area contributed by atoms with Gasteiger partial charge >= 0.3 is 6.03 Å². The molecule has 128 valence electrons. The molecule has 1 aromatic heterocycles. The minimum Gasteiger partial charge on any atom is -0.338 e. The number of rotatable bonds is 7. The summed E-state index contributed by atoms with van der Waals surface area (Å²) in [4.78, 5) is 18.7. The fourth-order valence-electron chi connectivity index (χ4n) is 2.71. The van der Waals surface area contributed by atoms with Gasteiger partial charge in [-0.1, -0.05) is 30.7 Å². The van der Waals surface area contributed by atoms with Crippen molar-refractivity contribution in [2.75, 3.05) is 6.54 Å². The second-order valence-corrected chi connectivity index (χ2v) is 6.63. The van der Waals surface area contributed by atoms with Crippen LogP contribution in [0.1, 0.15) is 37.6 Å². The molecular formula is C18H23ClN4O. The summed E-state index contributed by atoms with van der Waals surface area (Å²) in [5.41, 5.74) is 1.12. The maximum absolute atomic E-state index is 12.4. The van der Waals surface area contributed by atoms with E-state index in [1.165, 1.54) is 0 Å². The number of halogens is 1. The molecule has 1 aliphatic carbocycles. The third kappa shape index (κ3) is 4.29. The van der Waals surface area contributed by atoms with E-state index < -0.39 is 0 Å². The lowest BCUT2D eigenvalue weighted by Crippen LogP contribution is -2.41. The number of nitrogens with one attached hydrogen (secondary N) is 1. The Morgan fingerprint density at radius 2 is 2.29 bits per heavy atom. The molecule has 0 radical (unpaired) electrons. The van der Waals surface area contributed by atoms with Gasteiger partial charge < -0.3 is 14.8 Å². The van der Waals surface area contributed by atoms with Crippen molar-refractivity contribution in [2.45, 2.75) is 45.3 Å². The van der Waals surface area contributed by atoms with Gasteiger partial charge in [-0.3, -0.25) is 0 Å². The van der Waals surface area contributed by atoms with E-state index in [-0.39, 0.29) is 6.03 Å². The van der Waals surface area contributed by atoms with Crippen LogP contribution in [-0.4, -0.2) is 33.1 Å². The number of amides is 2. The number of carbonyl (C=O) groups excluding carboxylic acids is 1. The molecule has 1 N–H and O–H groups in total. The van der Waals surface area contributed by atoms with Gasteiger partial charge in [-0.05, 0) is 37.0 Å². The molecule has 1 fully saturated rings. The van der Waals surface area contributed by atoms with Gasteiger partial charge in [-0.15, -0.1) is 0 Å². The van der Waals surface area contributed by atoms with E-state index in [1.54, 1.807) is 6.20 Å². The van der Waals surface area contributed by atoms with Crippen molar-refractivity contribution in [3.05, 3.63) is 53.1 Å². The number of nitrogens with zero attached hydrogens (tertiary/aromatic N) is 3. The van der Waals surface area contributed by atoms with Crippen LogP contribution in [0, 0.1) is 0 Å². The minimum absolute atomic E-state index is 0.0108. The molecule has 0 unspecified atom stereocenters. The highest BCUT2D eigenvalue weighted by molar-refractivity contribution is 6.30. The van der Waals surface area contributed by atoms with Crippen molar-refractivity contribution in [3.63, 3.8) is 0 Å². The van der Waals surface area contributed by atoms with Crippen molar-refractivity contribution in [1.82, 2.24) is 19.8 Å².